The van der Waals surface area contributed by atoms with Crippen LogP contribution in [0, 0.1) is 0 Å². The third kappa shape index (κ3) is 2.52. The first kappa shape index (κ1) is 11.2. The second-order valence-corrected chi connectivity index (χ2v) is 4.37. The summed E-state index contributed by atoms with van der Waals surface area (Å²) in [6, 6.07) is 5.00. The van der Waals surface area contributed by atoms with Crippen molar-refractivity contribution >= 4 is 35.8 Å². The maximum absolute atomic E-state index is 13.5. The highest BCUT2D eigenvalue weighted by atomic mass is 35.5. The van der Waals surface area contributed by atoms with Crippen molar-refractivity contribution in [2.75, 3.05) is 0 Å². The molecule has 0 aliphatic heterocycles. The van der Waals surface area contributed by atoms with Gasteiger partial charge in [-0.1, -0.05) is 23.7 Å². The Morgan fingerprint density at radius 1 is 1.54 bits per heavy atom. The van der Waals surface area contributed by atoms with Crippen molar-refractivity contribution in [2.24, 2.45) is 0 Å². The predicted molar refractivity (Wildman–Crippen MR) is 58.5 cm³/mol. The molecular formula is C9H9Cl2FS. The van der Waals surface area contributed by atoms with Crippen molar-refractivity contribution in [2.45, 2.75) is 17.8 Å². The predicted octanol–water partition coefficient (Wildman–Crippen LogP) is 4.15. The Bertz CT molecular complexity index is 307. The highest BCUT2D eigenvalue weighted by Gasteiger charge is 2.24. The van der Waals surface area contributed by atoms with Gasteiger partial charge in [-0.2, -0.15) is 0 Å². The lowest BCUT2D eigenvalue weighted by atomic mass is 10.1. The number of rotatable bonds is 2. The summed E-state index contributed by atoms with van der Waals surface area (Å²) in [5.41, 5.74) is 1.03. The van der Waals surface area contributed by atoms with Gasteiger partial charge in [0.25, 0.3) is 0 Å². The van der Waals surface area contributed by atoms with Crippen molar-refractivity contribution in [3.63, 3.8) is 0 Å². The van der Waals surface area contributed by atoms with E-state index in [1.807, 2.05) is 0 Å². The molecule has 0 fully saturated rings. The topological polar surface area (TPSA) is 0 Å². The molecule has 0 saturated carbocycles. The fourth-order valence-electron chi connectivity index (χ4n) is 1.12. The maximum atomic E-state index is 13.5. The van der Waals surface area contributed by atoms with E-state index in [9.17, 15) is 4.39 Å². The minimum Gasteiger partial charge on any atom is -0.227 e. The molecule has 1 rings (SSSR count). The summed E-state index contributed by atoms with van der Waals surface area (Å²) < 4.78 is 13.5. The molecule has 0 saturated heterocycles. The standard InChI is InChI=1S/C9H9Cl2FS/c1-9(12,13)7-3-2-4-8(11)6(7)5-10/h2-4,13H,5H2,1H3. The Labute approximate surface area is 92.5 Å². The molecule has 4 heteroatoms. The zero-order valence-corrected chi connectivity index (χ0v) is 9.43. The van der Waals surface area contributed by atoms with Crippen LogP contribution in [0.4, 0.5) is 4.39 Å². The molecule has 13 heavy (non-hydrogen) atoms. The van der Waals surface area contributed by atoms with Crippen molar-refractivity contribution in [3.8, 4) is 0 Å². The van der Waals surface area contributed by atoms with Gasteiger partial charge in [-0.15, -0.1) is 24.2 Å². The smallest absolute Gasteiger partial charge is 0.176 e. The lowest BCUT2D eigenvalue weighted by Gasteiger charge is -2.17. The van der Waals surface area contributed by atoms with Crippen molar-refractivity contribution in [1.82, 2.24) is 0 Å². The van der Waals surface area contributed by atoms with Crippen LogP contribution in [-0.2, 0) is 10.9 Å². The molecule has 0 N–H and O–H groups in total. The van der Waals surface area contributed by atoms with Crippen LogP contribution in [0.2, 0.25) is 5.02 Å². The molecule has 0 spiro atoms. The number of thiol groups is 1. The number of hydrogen-bond acceptors (Lipinski definition) is 1. The maximum Gasteiger partial charge on any atom is 0.176 e. The Hall–Kier alpha value is 0.0800. The zero-order chi connectivity index (χ0) is 10.1. The summed E-state index contributed by atoms with van der Waals surface area (Å²) >= 11 is 15.3. The fourth-order valence-corrected chi connectivity index (χ4v) is 1.93. The van der Waals surface area contributed by atoms with Gasteiger partial charge in [0.2, 0.25) is 0 Å². The molecule has 0 amide bonds. The van der Waals surface area contributed by atoms with Crippen LogP contribution in [0.1, 0.15) is 18.1 Å². The molecule has 1 aromatic rings. The third-order valence-corrected chi connectivity index (χ3v) is 2.61. The monoisotopic (exact) mass is 238 g/mol. The Kier molecular flexibility index (Phi) is 3.50. The molecule has 0 radical (unpaired) electrons. The Morgan fingerprint density at radius 3 is 2.54 bits per heavy atom. The number of halogens is 3. The van der Waals surface area contributed by atoms with Crippen molar-refractivity contribution in [1.29, 1.82) is 0 Å². The SMILES string of the molecule is CC(F)(S)c1cccc(Cl)c1CCl. The van der Waals surface area contributed by atoms with Gasteiger partial charge in [-0.05, 0) is 18.6 Å². The van der Waals surface area contributed by atoms with Gasteiger partial charge in [0, 0.05) is 16.5 Å². The molecule has 1 unspecified atom stereocenters. The summed E-state index contributed by atoms with van der Waals surface area (Å²) in [7, 11) is 0. The van der Waals surface area contributed by atoms with Crippen LogP contribution >= 0.6 is 35.8 Å². The van der Waals surface area contributed by atoms with E-state index in [4.69, 9.17) is 23.2 Å². The van der Waals surface area contributed by atoms with Crippen LogP contribution in [-0.4, -0.2) is 0 Å². The van der Waals surface area contributed by atoms with Crippen LogP contribution in [0.25, 0.3) is 0 Å². The van der Waals surface area contributed by atoms with Gasteiger partial charge < -0.3 is 0 Å². The third-order valence-electron chi connectivity index (χ3n) is 1.74. The lowest BCUT2D eigenvalue weighted by Crippen LogP contribution is -2.09. The average Bonchev–Trinajstić information content (AvgIpc) is 2.02. The van der Waals surface area contributed by atoms with Crippen molar-refractivity contribution in [3.05, 3.63) is 34.3 Å². The molecule has 1 atom stereocenters. The number of alkyl halides is 2. The van der Waals surface area contributed by atoms with Gasteiger partial charge in [0.15, 0.2) is 5.00 Å². The summed E-state index contributed by atoms with van der Waals surface area (Å²) in [4.78, 5) is 0. The van der Waals surface area contributed by atoms with Crippen molar-refractivity contribution < 1.29 is 4.39 Å². The quantitative estimate of drug-likeness (QED) is 0.581. The molecule has 1 aromatic carbocycles. The van der Waals surface area contributed by atoms with Gasteiger partial charge in [-0.25, -0.2) is 4.39 Å². The summed E-state index contributed by atoms with van der Waals surface area (Å²) in [5, 5.41) is -1.22. The largest absolute Gasteiger partial charge is 0.227 e. The second kappa shape index (κ2) is 4.07. The average molecular weight is 239 g/mol. The highest BCUT2D eigenvalue weighted by molar-refractivity contribution is 7.81. The van der Waals surface area contributed by atoms with E-state index in [0.717, 1.165) is 0 Å². The van der Waals surface area contributed by atoms with Crippen LogP contribution in [0.15, 0.2) is 18.2 Å². The molecule has 0 heterocycles. The molecule has 0 aromatic heterocycles. The second-order valence-electron chi connectivity index (χ2n) is 2.85. The number of hydrogen-bond donors (Lipinski definition) is 1. The summed E-state index contributed by atoms with van der Waals surface area (Å²) in [6.07, 6.45) is 0. The highest BCUT2D eigenvalue weighted by Crippen LogP contribution is 2.35. The van der Waals surface area contributed by atoms with Gasteiger partial charge >= 0.3 is 0 Å². The van der Waals surface area contributed by atoms with Crippen LogP contribution < -0.4 is 0 Å². The van der Waals surface area contributed by atoms with Gasteiger partial charge in [0.1, 0.15) is 0 Å². The first-order valence-electron chi connectivity index (χ1n) is 3.72. The molecule has 0 aliphatic carbocycles. The van der Waals surface area contributed by atoms with E-state index in [1.165, 1.54) is 6.92 Å². The Morgan fingerprint density at radius 2 is 2.15 bits per heavy atom. The normalized spacial score (nSPS) is 15.5. The zero-order valence-electron chi connectivity index (χ0n) is 7.02. The molecule has 0 nitrogen and oxygen atoms in total. The lowest BCUT2D eigenvalue weighted by molar-refractivity contribution is 0.327. The molecular weight excluding hydrogens is 230 g/mol. The van der Waals surface area contributed by atoms with Crippen LogP contribution in [0.3, 0.4) is 0 Å². The van der Waals surface area contributed by atoms with E-state index >= 15 is 0 Å². The van der Waals surface area contributed by atoms with E-state index < -0.39 is 5.00 Å². The minimum atomic E-state index is -1.70. The van der Waals surface area contributed by atoms with E-state index in [0.29, 0.717) is 16.1 Å². The number of benzene rings is 1. The first-order chi connectivity index (χ1) is 5.96. The van der Waals surface area contributed by atoms with E-state index in [1.54, 1.807) is 18.2 Å². The Balaban J connectivity index is 3.29. The van der Waals surface area contributed by atoms with Crippen LogP contribution in [0.5, 0.6) is 0 Å². The minimum absolute atomic E-state index is 0.190. The fraction of sp³-hybridized carbons (Fsp3) is 0.333. The molecule has 72 valence electrons. The first-order valence-corrected chi connectivity index (χ1v) is 5.08. The summed E-state index contributed by atoms with van der Waals surface area (Å²) in [5.74, 6) is 0.190. The van der Waals surface area contributed by atoms with Gasteiger partial charge in [-0.3, -0.25) is 0 Å². The molecule has 0 aliphatic rings. The van der Waals surface area contributed by atoms with Gasteiger partial charge in [0.05, 0.1) is 0 Å². The molecule has 0 bridgehead atoms. The van der Waals surface area contributed by atoms with E-state index in [-0.39, 0.29) is 5.88 Å². The summed E-state index contributed by atoms with van der Waals surface area (Å²) in [6.45, 7) is 1.36. The van der Waals surface area contributed by atoms with E-state index in [2.05, 4.69) is 12.6 Å².